The lowest BCUT2D eigenvalue weighted by Crippen LogP contribution is -2.42. The van der Waals surface area contributed by atoms with Crippen LogP contribution in [0, 0.1) is 6.92 Å². The number of benzene rings is 3. The molecule has 0 saturated carbocycles. The van der Waals surface area contributed by atoms with E-state index in [2.05, 4.69) is 5.32 Å². The monoisotopic (exact) mass is 539 g/mol. The second kappa shape index (κ2) is 11.2. The fraction of sp³-hybridized carbons (Fsp3) is 0.240. The smallest absolute Gasteiger partial charge is 0.373 e. The summed E-state index contributed by atoms with van der Waals surface area (Å²) in [6.07, 6.45) is -4.81. The maximum Gasteiger partial charge on any atom is 0.417 e. The summed E-state index contributed by atoms with van der Waals surface area (Å²) in [4.78, 5) is 14.5. The summed E-state index contributed by atoms with van der Waals surface area (Å²) in [5.74, 6) is -0.671. The van der Waals surface area contributed by atoms with Gasteiger partial charge in [-0.15, -0.1) is 0 Å². The fourth-order valence-electron chi connectivity index (χ4n) is 3.40. The van der Waals surface area contributed by atoms with Crippen LogP contribution in [0.4, 0.5) is 24.5 Å². The van der Waals surface area contributed by atoms with Gasteiger partial charge in [-0.1, -0.05) is 47.5 Å². The molecule has 11 heteroatoms. The highest BCUT2D eigenvalue weighted by molar-refractivity contribution is 7.92. The standard InChI is InChI=1S/C25H25ClF3N3O3S/c1-18-8-11-21(12-9-18)36(34,35)32(20-10-13-23(26)22(16-20)25(27,28)29)17-24(33)30-14-15-31(2)19-6-4-3-5-7-19/h3-13,16H,14-15,17H2,1-2H3,(H,30,33). The first-order valence-electron chi connectivity index (χ1n) is 10.9. The molecular weight excluding hydrogens is 515 g/mol. The van der Waals surface area contributed by atoms with Crippen molar-refractivity contribution >= 4 is 38.9 Å². The number of amides is 1. The van der Waals surface area contributed by atoms with E-state index in [9.17, 15) is 26.4 Å². The average Bonchev–Trinajstić information content (AvgIpc) is 2.83. The number of likely N-dealkylation sites (N-methyl/N-ethyl adjacent to an activating group) is 1. The highest BCUT2D eigenvalue weighted by atomic mass is 35.5. The molecule has 0 aromatic heterocycles. The van der Waals surface area contributed by atoms with Crippen molar-refractivity contribution in [3.05, 3.63) is 88.9 Å². The summed E-state index contributed by atoms with van der Waals surface area (Å²) in [5, 5.41) is 2.06. The summed E-state index contributed by atoms with van der Waals surface area (Å²) in [7, 11) is -2.54. The van der Waals surface area contributed by atoms with Crippen LogP contribution in [-0.4, -0.2) is 41.0 Å². The molecule has 0 unspecified atom stereocenters. The zero-order chi connectivity index (χ0) is 26.5. The van der Waals surface area contributed by atoms with Gasteiger partial charge in [-0.05, 0) is 49.4 Å². The normalized spacial score (nSPS) is 11.7. The number of alkyl halides is 3. The summed E-state index contributed by atoms with van der Waals surface area (Å²) in [5.41, 5.74) is 0.197. The van der Waals surface area contributed by atoms with Crippen LogP contribution in [-0.2, 0) is 21.0 Å². The number of nitrogens with one attached hydrogen (secondary N) is 1. The van der Waals surface area contributed by atoms with Crippen LogP contribution in [0.15, 0.2) is 77.7 Å². The molecule has 0 aliphatic heterocycles. The van der Waals surface area contributed by atoms with Crippen molar-refractivity contribution in [1.82, 2.24) is 5.32 Å². The van der Waals surface area contributed by atoms with Gasteiger partial charge in [0, 0.05) is 25.8 Å². The molecule has 3 aromatic rings. The van der Waals surface area contributed by atoms with Crippen molar-refractivity contribution in [2.75, 3.05) is 35.9 Å². The van der Waals surface area contributed by atoms with Gasteiger partial charge in [0.2, 0.25) is 5.91 Å². The summed E-state index contributed by atoms with van der Waals surface area (Å²) in [6, 6.07) is 18.0. The number of carbonyl (C=O) groups is 1. The number of aryl methyl sites for hydroxylation is 1. The third-order valence-electron chi connectivity index (χ3n) is 5.41. The van der Waals surface area contributed by atoms with E-state index in [1.54, 1.807) is 19.1 Å². The van der Waals surface area contributed by atoms with E-state index in [0.29, 0.717) is 16.9 Å². The summed E-state index contributed by atoms with van der Waals surface area (Å²) >= 11 is 5.72. The molecule has 192 valence electrons. The minimum absolute atomic E-state index is 0.159. The molecule has 0 fully saturated rings. The van der Waals surface area contributed by atoms with Gasteiger partial charge in [-0.3, -0.25) is 9.10 Å². The second-order valence-electron chi connectivity index (χ2n) is 8.09. The zero-order valence-corrected chi connectivity index (χ0v) is 21.2. The molecule has 0 aliphatic rings. The molecule has 0 atom stereocenters. The lowest BCUT2D eigenvalue weighted by atomic mass is 10.2. The number of halogens is 4. The maximum absolute atomic E-state index is 13.5. The number of nitrogens with zero attached hydrogens (tertiary/aromatic N) is 2. The summed E-state index contributed by atoms with van der Waals surface area (Å²) < 4.78 is 67.9. The lowest BCUT2D eigenvalue weighted by Gasteiger charge is -2.25. The first-order valence-corrected chi connectivity index (χ1v) is 12.7. The predicted octanol–water partition coefficient (Wildman–Crippen LogP) is 5.12. The Morgan fingerprint density at radius 3 is 2.22 bits per heavy atom. The van der Waals surface area contributed by atoms with Crippen LogP contribution < -0.4 is 14.5 Å². The van der Waals surface area contributed by atoms with E-state index in [0.717, 1.165) is 23.4 Å². The van der Waals surface area contributed by atoms with Crippen molar-refractivity contribution in [2.45, 2.75) is 18.0 Å². The average molecular weight is 540 g/mol. The van der Waals surface area contributed by atoms with Gasteiger partial charge >= 0.3 is 6.18 Å². The van der Waals surface area contributed by atoms with Crippen LogP contribution in [0.1, 0.15) is 11.1 Å². The molecule has 0 saturated heterocycles. The first-order chi connectivity index (χ1) is 16.9. The van der Waals surface area contributed by atoms with E-state index < -0.39 is 39.2 Å². The van der Waals surface area contributed by atoms with Gasteiger partial charge < -0.3 is 10.2 Å². The topological polar surface area (TPSA) is 69.7 Å². The Labute approximate surface area is 213 Å². The third-order valence-corrected chi connectivity index (χ3v) is 7.52. The highest BCUT2D eigenvalue weighted by Gasteiger charge is 2.35. The Morgan fingerprint density at radius 2 is 1.61 bits per heavy atom. The van der Waals surface area contributed by atoms with Crippen LogP contribution in [0.3, 0.4) is 0 Å². The molecule has 3 rings (SSSR count). The van der Waals surface area contributed by atoms with E-state index >= 15 is 0 Å². The number of carbonyl (C=O) groups excluding carboxylic acids is 1. The van der Waals surface area contributed by atoms with E-state index in [4.69, 9.17) is 11.6 Å². The molecule has 0 heterocycles. The van der Waals surface area contributed by atoms with E-state index in [-0.39, 0.29) is 17.1 Å². The van der Waals surface area contributed by atoms with Crippen LogP contribution >= 0.6 is 11.6 Å². The molecule has 1 N–H and O–H groups in total. The largest absolute Gasteiger partial charge is 0.417 e. The maximum atomic E-state index is 13.5. The van der Waals surface area contributed by atoms with Crippen molar-refractivity contribution in [1.29, 1.82) is 0 Å². The quantitative estimate of drug-likeness (QED) is 0.410. The van der Waals surface area contributed by atoms with Gasteiger partial charge in [0.05, 0.1) is 21.2 Å². The lowest BCUT2D eigenvalue weighted by molar-refractivity contribution is -0.137. The minimum Gasteiger partial charge on any atom is -0.373 e. The van der Waals surface area contributed by atoms with Crippen molar-refractivity contribution in [3.8, 4) is 0 Å². The highest BCUT2D eigenvalue weighted by Crippen LogP contribution is 2.38. The Morgan fingerprint density at radius 1 is 0.972 bits per heavy atom. The molecule has 0 aliphatic carbocycles. The number of para-hydroxylation sites is 1. The first kappa shape index (κ1) is 27.3. The number of hydrogen-bond acceptors (Lipinski definition) is 4. The molecule has 1 amide bonds. The molecular formula is C25H25ClF3N3O3S. The van der Waals surface area contributed by atoms with E-state index in [1.807, 2.05) is 42.3 Å². The molecule has 36 heavy (non-hydrogen) atoms. The van der Waals surface area contributed by atoms with Crippen LogP contribution in [0.25, 0.3) is 0 Å². The number of anilines is 2. The second-order valence-corrected chi connectivity index (χ2v) is 10.4. The fourth-order valence-corrected chi connectivity index (χ4v) is 5.04. The Bertz CT molecular complexity index is 1300. The van der Waals surface area contributed by atoms with Crippen molar-refractivity contribution in [3.63, 3.8) is 0 Å². The van der Waals surface area contributed by atoms with E-state index in [1.165, 1.54) is 12.1 Å². The predicted molar refractivity (Wildman–Crippen MR) is 135 cm³/mol. The zero-order valence-electron chi connectivity index (χ0n) is 19.6. The van der Waals surface area contributed by atoms with Crippen LogP contribution in [0.5, 0.6) is 0 Å². The number of hydrogen-bond donors (Lipinski definition) is 1. The van der Waals surface area contributed by atoms with Crippen LogP contribution in [0.2, 0.25) is 5.02 Å². The Balaban J connectivity index is 1.86. The van der Waals surface area contributed by atoms with Crippen molar-refractivity contribution < 1.29 is 26.4 Å². The molecule has 0 radical (unpaired) electrons. The molecule has 0 spiro atoms. The minimum atomic E-state index is -4.81. The van der Waals surface area contributed by atoms with Gasteiger partial charge in [0.15, 0.2) is 0 Å². The van der Waals surface area contributed by atoms with Crippen molar-refractivity contribution in [2.24, 2.45) is 0 Å². The Hall–Kier alpha value is -3.24. The molecule has 3 aromatic carbocycles. The van der Waals surface area contributed by atoms with Gasteiger partial charge in [0.1, 0.15) is 6.54 Å². The summed E-state index contributed by atoms with van der Waals surface area (Å²) in [6.45, 7) is 1.67. The number of rotatable bonds is 9. The number of sulfonamides is 1. The SMILES string of the molecule is Cc1ccc(S(=O)(=O)N(CC(=O)NCCN(C)c2ccccc2)c2ccc(Cl)c(C(F)(F)F)c2)cc1. The Kier molecular flexibility index (Phi) is 8.52. The van der Waals surface area contributed by atoms with Gasteiger partial charge in [-0.25, -0.2) is 8.42 Å². The molecule has 0 bridgehead atoms. The molecule has 6 nitrogen and oxygen atoms in total. The van der Waals surface area contributed by atoms with Gasteiger partial charge in [0.25, 0.3) is 10.0 Å². The third kappa shape index (κ3) is 6.70. The van der Waals surface area contributed by atoms with Gasteiger partial charge in [-0.2, -0.15) is 13.2 Å².